The second kappa shape index (κ2) is 5.16. The van der Waals surface area contributed by atoms with Crippen LogP contribution in [0.1, 0.15) is 13.8 Å². The fourth-order valence-corrected chi connectivity index (χ4v) is 0.859. The zero-order valence-electron chi connectivity index (χ0n) is 6.69. The van der Waals surface area contributed by atoms with Crippen molar-refractivity contribution in [2.75, 3.05) is 0 Å². The number of hydrogen-bond donors (Lipinski definition) is 2. The van der Waals surface area contributed by atoms with E-state index in [0.29, 0.717) is 0 Å². The first-order chi connectivity index (χ1) is 5.13. The SMILES string of the molecule is C=C/C(Br)=C(C)/C(C)=C\NO. The molecule has 0 fully saturated rings. The van der Waals surface area contributed by atoms with Gasteiger partial charge >= 0.3 is 0 Å². The molecule has 0 aromatic heterocycles. The van der Waals surface area contributed by atoms with Gasteiger partial charge in [0.25, 0.3) is 0 Å². The number of nitrogens with one attached hydrogen (secondary N) is 1. The first-order valence-electron chi connectivity index (χ1n) is 3.19. The Balaban J connectivity index is 4.59. The average molecular weight is 218 g/mol. The van der Waals surface area contributed by atoms with Crippen LogP contribution in [0.2, 0.25) is 0 Å². The Kier molecular flexibility index (Phi) is 4.90. The summed E-state index contributed by atoms with van der Waals surface area (Å²) in [5.41, 5.74) is 3.98. The minimum atomic E-state index is 0.932. The van der Waals surface area contributed by atoms with Gasteiger partial charge in [0.1, 0.15) is 0 Å². The molecule has 0 unspecified atom stereocenters. The zero-order valence-corrected chi connectivity index (χ0v) is 8.27. The number of hydrogen-bond acceptors (Lipinski definition) is 2. The fraction of sp³-hybridized carbons (Fsp3) is 0.250. The molecule has 0 atom stereocenters. The molecule has 0 aliphatic rings. The average Bonchev–Trinajstić information content (AvgIpc) is 2.02. The number of allylic oxidation sites excluding steroid dienone is 4. The van der Waals surface area contributed by atoms with Gasteiger partial charge in [-0.2, -0.15) is 0 Å². The van der Waals surface area contributed by atoms with Crippen LogP contribution in [0.4, 0.5) is 0 Å². The van der Waals surface area contributed by atoms with Gasteiger partial charge in [0, 0.05) is 10.7 Å². The van der Waals surface area contributed by atoms with E-state index in [1.165, 1.54) is 6.20 Å². The zero-order chi connectivity index (χ0) is 8.85. The van der Waals surface area contributed by atoms with Crippen LogP contribution >= 0.6 is 15.9 Å². The predicted octanol–water partition coefficient (Wildman–Crippen LogP) is 2.72. The van der Waals surface area contributed by atoms with Crippen LogP contribution in [0.3, 0.4) is 0 Å². The van der Waals surface area contributed by atoms with Crippen molar-refractivity contribution in [3.63, 3.8) is 0 Å². The topological polar surface area (TPSA) is 32.3 Å². The predicted molar refractivity (Wildman–Crippen MR) is 50.5 cm³/mol. The molecule has 0 saturated carbocycles. The third kappa shape index (κ3) is 3.39. The molecule has 0 aliphatic heterocycles. The van der Waals surface area contributed by atoms with Gasteiger partial charge in [0.2, 0.25) is 0 Å². The van der Waals surface area contributed by atoms with Crippen molar-refractivity contribution in [2.45, 2.75) is 13.8 Å². The fourth-order valence-electron chi connectivity index (χ4n) is 0.547. The van der Waals surface area contributed by atoms with Crippen LogP contribution in [0.25, 0.3) is 0 Å². The molecule has 0 bridgehead atoms. The molecule has 0 spiro atoms. The quantitative estimate of drug-likeness (QED) is 0.563. The van der Waals surface area contributed by atoms with E-state index in [-0.39, 0.29) is 0 Å². The summed E-state index contributed by atoms with van der Waals surface area (Å²) in [6, 6.07) is 0. The van der Waals surface area contributed by atoms with Crippen molar-refractivity contribution in [1.29, 1.82) is 0 Å². The van der Waals surface area contributed by atoms with E-state index in [1.54, 1.807) is 6.08 Å². The van der Waals surface area contributed by atoms with Gasteiger partial charge in [0.05, 0.1) is 0 Å². The summed E-state index contributed by atoms with van der Waals surface area (Å²) in [7, 11) is 0. The molecule has 2 N–H and O–H groups in total. The third-order valence-corrected chi connectivity index (χ3v) is 2.33. The van der Waals surface area contributed by atoms with E-state index in [0.717, 1.165) is 15.6 Å². The molecule has 0 rings (SSSR count). The molecule has 0 aromatic carbocycles. The van der Waals surface area contributed by atoms with E-state index < -0.39 is 0 Å². The van der Waals surface area contributed by atoms with Gasteiger partial charge in [-0.1, -0.05) is 28.6 Å². The number of rotatable bonds is 3. The van der Waals surface area contributed by atoms with Crippen molar-refractivity contribution < 1.29 is 5.21 Å². The van der Waals surface area contributed by atoms with Crippen LogP contribution in [0.5, 0.6) is 0 Å². The molecule has 0 heterocycles. The molecule has 11 heavy (non-hydrogen) atoms. The van der Waals surface area contributed by atoms with Crippen molar-refractivity contribution >= 4 is 15.9 Å². The summed E-state index contributed by atoms with van der Waals surface area (Å²) in [5, 5.41) is 8.35. The van der Waals surface area contributed by atoms with Gasteiger partial charge in [-0.05, 0) is 25.0 Å². The van der Waals surface area contributed by atoms with Gasteiger partial charge < -0.3 is 0 Å². The number of halogens is 1. The highest BCUT2D eigenvalue weighted by molar-refractivity contribution is 9.11. The molecule has 0 saturated heterocycles. The van der Waals surface area contributed by atoms with E-state index >= 15 is 0 Å². The Bertz CT molecular complexity index is 206. The van der Waals surface area contributed by atoms with Crippen LogP contribution in [0.15, 0.2) is 34.5 Å². The van der Waals surface area contributed by atoms with Crippen molar-refractivity contribution in [3.05, 3.63) is 34.5 Å². The molecular weight excluding hydrogens is 206 g/mol. The van der Waals surface area contributed by atoms with Gasteiger partial charge in [-0.25, -0.2) is 0 Å². The molecule has 0 amide bonds. The maximum Gasteiger partial charge on any atom is 0.0272 e. The Morgan fingerprint density at radius 2 is 2.09 bits per heavy atom. The van der Waals surface area contributed by atoms with E-state index in [4.69, 9.17) is 5.21 Å². The van der Waals surface area contributed by atoms with E-state index in [2.05, 4.69) is 22.5 Å². The van der Waals surface area contributed by atoms with Crippen molar-refractivity contribution in [1.82, 2.24) is 5.48 Å². The van der Waals surface area contributed by atoms with E-state index in [9.17, 15) is 0 Å². The second-order valence-corrected chi connectivity index (χ2v) is 2.99. The third-order valence-electron chi connectivity index (χ3n) is 1.41. The Morgan fingerprint density at radius 1 is 1.55 bits per heavy atom. The Hall–Kier alpha value is -0.540. The summed E-state index contributed by atoms with van der Waals surface area (Å²) in [6.07, 6.45) is 3.23. The molecule has 0 radical (unpaired) electrons. The minimum absolute atomic E-state index is 0.932. The molecule has 0 aliphatic carbocycles. The summed E-state index contributed by atoms with van der Waals surface area (Å²) < 4.78 is 0.932. The summed E-state index contributed by atoms with van der Waals surface area (Å²) >= 11 is 3.32. The molecule has 2 nitrogen and oxygen atoms in total. The largest absolute Gasteiger partial charge is 0.292 e. The van der Waals surface area contributed by atoms with Crippen LogP contribution in [0, 0.1) is 0 Å². The lowest BCUT2D eigenvalue weighted by molar-refractivity contribution is 0.213. The van der Waals surface area contributed by atoms with Gasteiger partial charge in [-0.15, -0.1) is 0 Å². The molecule has 62 valence electrons. The van der Waals surface area contributed by atoms with Crippen LogP contribution < -0.4 is 5.48 Å². The minimum Gasteiger partial charge on any atom is -0.292 e. The first kappa shape index (κ1) is 10.5. The number of hydroxylamine groups is 1. The standard InChI is InChI=1S/C8H12BrNO/c1-4-8(9)7(3)6(2)5-10-11/h4-5,10-11H,1H2,2-3H3/b6-5-,8-7-. The van der Waals surface area contributed by atoms with Crippen LogP contribution in [-0.2, 0) is 0 Å². The molecular formula is C8H12BrNO. The smallest absolute Gasteiger partial charge is 0.0272 e. The van der Waals surface area contributed by atoms with E-state index in [1.807, 2.05) is 19.3 Å². The summed E-state index contributed by atoms with van der Waals surface area (Å²) in [4.78, 5) is 0. The lowest BCUT2D eigenvalue weighted by atomic mass is 10.1. The van der Waals surface area contributed by atoms with Gasteiger partial charge in [0.15, 0.2) is 0 Å². The van der Waals surface area contributed by atoms with Crippen molar-refractivity contribution in [3.8, 4) is 0 Å². The maximum atomic E-state index is 8.35. The highest BCUT2D eigenvalue weighted by atomic mass is 79.9. The highest BCUT2D eigenvalue weighted by Crippen LogP contribution is 2.18. The first-order valence-corrected chi connectivity index (χ1v) is 3.98. The van der Waals surface area contributed by atoms with Crippen LogP contribution in [-0.4, -0.2) is 5.21 Å². The second-order valence-electron chi connectivity index (χ2n) is 2.13. The van der Waals surface area contributed by atoms with Crippen molar-refractivity contribution in [2.24, 2.45) is 0 Å². The lowest BCUT2D eigenvalue weighted by Crippen LogP contribution is -1.96. The summed E-state index contributed by atoms with van der Waals surface area (Å²) in [5.74, 6) is 0. The highest BCUT2D eigenvalue weighted by Gasteiger charge is 1.96. The Morgan fingerprint density at radius 3 is 2.45 bits per heavy atom. The lowest BCUT2D eigenvalue weighted by Gasteiger charge is -2.01. The monoisotopic (exact) mass is 217 g/mol. The molecule has 3 heteroatoms. The molecule has 0 aromatic rings. The summed E-state index contributed by atoms with van der Waals surface area (Å²) in [6.45, 7) is 7.44. The Labute approximate surface area is 75.4 Å². The van der Waals surface area contributed by atoms with Gasteiger partial charge in [-0.3, -0.25) is 10.7 Å². The normalized spacial score (nSPS) is 14.0. The maximum absolute atomic E-state index is 8.35.